The first-order valence-electron chi connectivity index (χ1n) is 7.59. The molecule has 0 aromatic carbocycles. The Kier molecular flexibility index (Phi) is 6.15. The molecule has 104 valence electrons. The molecule has 0 saturated carbocycles. The first-order chi connectivity index (χ1) is 8.84. The molecule has 3 heteroatoms. The average Bonchev–Trinajstić information content (AvgIpc) is 3.23. The molecule has 0 aromatic heterocycles. The van der Waals surface area contributed by atoms with Gasteiger partial charge < -0.3 is 9.47 Å². The lowest BCUT2D eigenvalue weighted by molar-refractivity contribution is -0.119. The highest BCUT2D eigenvalue weighted by Gasteiger charge is 2.21. The quantitative estimate of drug-likeness (QED) is 0.396. The Hall–Kier alpha value is -0.410. The van der Waals surface area contributed by atoms with Crippen molar-refractivity contribution in [2.24, 2.45) is 0 Å². The number of ketones is 1. The number of ether oxygens (including phenoxy) is 2. The minimum atomic E-state index is 0.459. The van der Waals surface area contributed by atoms with Crippen molar-refractivity contribution in [1.29, 1.82) is 0 Å². The lowest BCUT2D eigenvalue weighted by Gasteiger charge is -2.01. The molecule has 2 atom stereocenters. The number of epoxide rings is 2. The van der Waals surface area contributed by atoms with Crippen molar-refractivity contribution in [3.63, 3.8) is 0 Å². The summed E-state index contributed by atoms with van der Waals surface area (Å²) in [5.41, 5.74) is 0. The van der Waals surface area contributed by atoms with E-state index in [0.717, 1.165) is 38.9 Å². The van der Waals surface area contributed by atoms with E-state index in [-0.39, 0.29) is 0 Å². The van der Waals surface area contributed by atoms with Gasteiger partial charge in [0.05, 0.1) is 25.4 Å². The third-order valence-electron chi connectivity index (χ3n) is 3.77. The average molecular weight is 254 g/mol. The molecule has 2 unspecified atom stereocenters. The van der Waals surface area contributed by atoms with Gasteiger partial charge in [0.1, 0.15) is 5.78 Å². The van der Waals surface area contributed by atoms with Crippen LogP contribution >= 0.6 is 0 Å². The molecular weight excluding hydrogens is 228 g/mol. The molecular formula is C15H26O3. The van der Waals surface area contributed by atoms with Gasteiger partial charge in [0.15, 0.2) is 0 Å². The first kappa shape index (κ1) is 14.0. The standard InChI is InChI=1S/C15H26O3/c16-13(7-3-1-5-9-14-11-17-14)8-4-2-6-10-15-12-18-15/h14-15H,1-12H2. The van der Waals surface area contributed by atoms with Gasteiger partial charge in [-0.25, -0.2) is 0 Å². The number of Topliss-reactive ketones (excluding diaryl/α,β-unsaturated/α-hetero) is 1. The molecule has 0 N–H and O–H groups in total. The lowest BCUT2D eigenvalue weighted by Crippen LogP contribution is -1.98. The molecule has 2 aliphatic rings. The van der Waals surface area contributed by atoms with Crippen LogP contribution in [0.15, 0.2) is 0 Å². The summed E-state index contributed by atoms with van der Waals surface area (Å²) in [7, 11) is 0. The van der Waals surface area contributed by atoms with Gasteiger partial charge >= 0.3 is 0 Å². The van der Waals surface area contributed by atoms with Crippen molar-refractivity contribution < 1.29 is 14.3 Å². The molecule has 18 heavy (non-hydrogen) atoms. The maximum Gasteiger partial charge on any atom is 0.132 e. The zero-order valence-electron chi connectivity index (χ0n) is 11.4. The fraction of sp³-hybridized carbons (Fsp3) is 0.933. The van der Waals surface area contributed by atoms with Crippen molar-refractivity contribution in [3.05, 3.63) is 0 Å². The maximum absolute atomic E-state index is 11.6. The predicted molar refractivity (Wildman–Crippen MR) is 70.7 cm³/mol. The first-order valence-corrected chi connectivity index (χ1v) is 7.59. The topological polar surface area (TPSA) is 42.1 Å². The van der Waals surface area contributed by atoms with Crippen LogP contribution in [-0.4, -0.2) is 31.2 Å². The summed E-state index contributed by atoms with van der Waals surface area (Å²) in [5.74, 6) is 0.459. The van der Waals surface area contributed by atoms with E-state index in [1.165, 1.54) is 38.5 Å². The van der Waals surface area contributed by atoms with Crippen LogP contribution in [0.2, 0.25) is 0 Å². The van der Waals surface area contributed by atoms with Crippen molar-refractivity contribution in [3.8, 4) is 0 Å². The molecule has 0 aliphatic carbocycles. The summed E-state index contributed by atoms with van der Waals surface area (Å²) in [6, 6.07) is 0. The Bertz CT molecular complexity index is 220. The number of carbonyl (C=O) groups is 1. The van der Waals surface area contributed by atoms with Gasteiger partial charge in [-0.15, -0.1) is 0 Å². The molecule has 2 aliphatic heterocycles. The smallest absolute Gasteiger partial charge is 0.132 e. The van der Waals surface area contributed by atoms with Crippen LogP contribution in [0.1, 0.15) is 64.2 Å². The van der Waals surface area contributed by atoms with Crippen LogP contribution in [0, 0.1) is 0 Å². The van der Waals surface area contributed by atoms with Gasteiger partial charge in [-0.1, -0.05) is 25.7 Å². The Morgan fingerprint density at radius 2 is 1.22 bits per heavy atom. The Balaban J connectivity index is 1.30. The zero-order chi connectivity index (χ0) is 12.6. The molecule has 0 amide bonds. The van der Waals surface area contributed by atoms with Crippen LogP contribution in [0.25, 0.3) is 0 Å². The van der Waals surface area contributed by atoms with Crippen molar-refractivity contribution in [1.82, 2.24) is 0 Å². The Morgan fingerprint density at radius 1 is 0.778 bits per heavy atom. The van der Waals surface area contributed by atoms with Gasteiger partial charge in [0.25, 0.3) is 0 Å². The van der Waals surface area contributed by atoms with Gasteiger partial charge in [0, 0.05) is 12.8 Å². The molecule has 2 saturated heterocycles. The largest absolute Gasteiger partial charge is 0.373 e. The number of carbonyl (C=O) groups excluding carboxylic acids is 1. The van der Waals surface area contributed by atoms with Crippen molar-refractivity contribution in [2.45, 2.75) is 76.4 Å². The number of hydrogen-bond acceptors (Lipinski definition) is 3. The molecule has 0 bridgehead atoms. The third-order valence-corrected chi connectivity index (χ3v) is 3.77. The summed E-state index contributed by atoms with van der Waals surface area (Å²) in [5, 5.41) is 0. The van der Waals surface area contributed by atoms with Crippen molar-refractivity contribution in [2.75, 3.05) is 13.2 Å². The maximum atomic E-state index is 11.6. The second-order valence-electron chi connectivity index (χ2n) is 5.65. The summed E-state index contributed by atoms with van der Waals surface area (Å²) in [6.45, 7) is 1.93. The zero-order valence-corrected chi connectivity index (χ0v) is 11.4. The van der Waals surface area contributed by atoms with Crippen LogP contribution in [0.4, 0.5) is 0 Å². The summed E-state index contributed by atoms with van der Waals surface area (Å²) in [6.07, 6.45) is 12.0. The van der Waals surface area contributed by atoms with Crippen LogP contribution in [-0.2, 0) is 14.3 Å². The monoisotopic (exact) mass is 254 g/mol. The summed E-state index contributed by atoms with van der Waals surface area (Å²) < 4.78 is 10.3. The second kappa shape index (κ2) is 7.90. The molecule has 0 radical (unpaired) electrons. The number of rotatable bonds is 12. The normalized spacial score (nSPS) is 25.1. The van der Waals surface area contributed by atoms with Gasteiger partial charge in [-0.05, 0) is 25.7 Å². The van der Waals surface area contributed by atoms with E-state index in [1.54, 1.807) is 0 Å². The fourth-order valence-corrected chi connectivity index (χ4v) is 2.34. The minimum Gasteiger partial charge on any atom is -0.373 e. The second-order valence-corrected chi connectivity index (χ2v) is 5.65. The van der Waals surface area contributed by atoms with Gasteiger partial charge in [-0.2, -0.15) is 0 Å². The number of hydrogen-bond donors (Lipinski definition) is 0. The Labute approximate surface area is 110 Å². The highest BCUT2D eigenvalue weighted by molar-refractivity contribution is 5.78. The van der Waals surface area contributed by atoms with Gasteiger partial charge in [-0.3, -0.25) is 4.79 Å². The van der Waals surface area contributed by atoms with E-state index in [0.29, 0.717) is 18.0 Å². The Morgan fingerprint density at radius 3 is 1.61 bits per heavy atom. The highest BCUT2D eigenvalue weighted by atomic mass is 16.6. The molecule has 2 fully saturated rings. The van der Waals surface area contributed by atoms with E-state index >= 15 is 0 Å². The van der Waals surface area contributed by atoms with Gasteiger partial charge in [0.2, 0.25) is 0 Å². The molecule has 2 heterocycles. The van der Waals surface area contributed by atoms with E-state index in [2.05, 4.69) is 0 Å². The summed E-state index contributed by atoms with van der Waals surface area (Å²) in [4.78, 5) is 11.6. The van der Waals surface area contributed by atoms with E-state index in [9.17, 15) is 4.79 Å². The van der Waals surface area contributed by atoms with Crippen molar-refractivity contribution >= 4 is 5.78 Å². The van der Waals surface area contributed by atoms with Crippen LogP contribution in [0.5, 0.6) is 0 Å². The highest BCUT2D eigenvalue weighted by Crippen LogP contribution is 2.19. The molecule has 3 nitrogen and oxygen atoms in total. The van der Waals surface area contributed by atoms with E-state index in [1.807, 2.05) is 0 Å². The molecule has 0 spiro atoms. The lowest BCUT2D eigenvalue weighted by atomic mass is 10.0. The number of unbranched alkanes of at least 4 members (excludes halogenated alkanes) is 4. The van der Waals surface area contributed by atoms with E-state index < -0.39 is 0 Å². The van der Waals surface area contributed by atoms with Crippen LogP contribution in [0.3, 0.4) is 0 Å². The summed E-state index contributed by atoms with van der Waals surface area (Å²) >= 11 is 0. The SMILES string of the molecule is O=C(CCCCCC1CO1)CCCCCC1CO1. The molecule has 2 rings (SSSR count). The van der Waals surface area contributed by atoms with E-state index in [4.69, 9.17) is 9.47 Å². The minimum absolute atomic E-state index is 0.459. The fourth-order valence-electron chi connectivity index (χ4n) is 2.34. The predicted octanol–water partition coefficient (Wildman–Crippen LogP) is 3.25. The third kappa shape index (κ3) is 7.12. The molecule has 0 aromatic rings. The van der Waals surface area contributed by atoms with Crippen LogP contribution < -0.4 is 0 Å².